The van der Waals surface area contributed by atoms with E-state index in [2.05, 4.69) is 11.7 Å². The summed E-state index contributed by atoms with van der Waals surface area (Å²) in [4.78, 5) is 25.2. The number of ketones is 1. The third-order valence-electron chi connectivity index (χ3n) is 3.59. The van der Waals surface area contributed by atoms with Gasteiger partial charge in [0.1, 0.15) is 24.7 Å². The zero-order valence-electron chi connectivity index (χ0n) is 15.7. The van der Waals surface area contributed by atoms with Crippen LogP contribution in [0, 0.1) is 0 Å². The molecule has 28 heavy (non-hydrogen) atoms. The first-order chi connectivity index (χ1) is 13.4. The molecule has 0 saturated heterocycles. The summed E-state index contributed by atoms with van der Waals surface area (Å²) >= 11 is 1.54. The summed E-state index contributed by atoms with van der Waals surface area (Å²) < 4.78 is 10.5. The van der Waals surface area contributed by atoms with E-state index in [1.807, 2.05) is 36.4 Å². The van der Waals surface area contributed by atoms with Crippen molar-refractivity contribution in [3.63, 3.8) is 0 Å². The molecule has 0 bridgehead atoms. The SMILES string of the molecule is C=C(C)C(=O)OCCOc1ccc(Sc2ccc(C(=O)/C(C)=N/O)cc2)cc1. The maximum atomic E-state index is 11.9. The van der Waals surface area contributed by atoms with Crippen molar-refractivity contribution in [3.8, 4) is 5.75 Å². The predicted molar refractivity (Wildman–Crippen MR) is 108 cm³/mol. The summed E-state index contributed by atoms with van der Waals surface area (Å²) in [5, 5.41) is 11.6. The molecule has 146 valence electrons. The number of hydrogen-bond acceptors (Lipinski definition) is 7. The van der Waals surface area contributed by atoms with Crippen molar-refractivity contribution in [2.24, 2.45) is 5.16 Å². The monoisotopic (exact) mass is 399 g/mol. The van der Waals surface area contributed by atoms with Crippen molar-refractivity contribution in [2.75, 3.05) is 13.2 Å². The average Bonchev–Trinajstić information content (AvgIpc) is 2.71. The molecule has 0 fully saturated rings. The third-order valence-corrected chi connectivity index (χ3v) is 4.60. The Morgan fingerprint density at radius 1 is 1.00 bits per heavy atom. The van der Waals surface area contributed by atoms with Crippen molar-refractivity contribution >= 4 is 29.2 Å². The van der Waals surface area contributed by atoms with Gasteiger partial charge in [0.2, 0.25) is 5.78 Å². The van der Waals surface area contributed by atoms with Gasteiger partial charge >= 0.3 is 5.97 Å². The summed E-state index contributed by atoms with van der Waals surface area (Å²) in [5.74, 6) is -0.0632. The highest BCUT2D eigenvalue weighted by molar-refractivity contribution is 7.99. The molecule has 2 rings (SSSR count). The largest absolute Gasteiger partial charge is 0.490 e. The minimum Gasteiger partial charge on any atom is -0.490 e. The van der Waals surface area contributed by atoms with Crippen LogP contribution in [0.2, 0.25) is 0 Å². The van der Waals surface area contributed by atoms with Crippen LogP contribution in [0.4, 0.5) is 0 Å². The minimum absolute atomic E-state index is 0.0467. The number of ether oxygens (including phenoxy) is 2. The highest BCUT2D eigenvalue weighted by Gasteiger charge is 2.10. The van der Waals surface area contributed by atoms with E-state index in [0.717, 1.165) is 9.79 Å². The molecule has 0 aliphatic heterocycles. The number of carbonyl (C=O) groups excluding carboxylic acids is 2. The second kappa shape index (κ2) is 10.3. The molecule has 6 nitrogen and oxygen atoms in total. The van der Waals surface area contributed by atoms with E-state index in [1.54, 1.807) is 30.8 Å². The molecule has 1 N–H and O–H groups in total. The number of rotatable bonds is 9. The Balaban J connectivity index is 1.86. The summed E-state index contributed by atoms with van der Waals surface area (Å²) in [6.07, 6.45) is 0. The summed E-state index contributed by atoms with van der Waals surface area (Å²) in [6.45, 7) is 6.98. The molecule has 0 aromatic heterocycles. The van der Waals surface area contributed by atoms with E-state index in [4.69, 9.17) is 14.7 Å². The molecule has 0 radical (unpaired) electrons. The number of esters is 1. The van der Waals surface area contributed by atoms with E-state index >= 15 is 0 Å². The van der Waals surface area contributed by atoms with E-state index in [9.17, 15) is 9.59 Å². The first kappa shape index (κ1) is 21.2. The number of Topliss-reactive ketones (excluding diaryl/α,β-unsaturated/α-hetero) is 1. The van der Waals surface area contributed by atoms with Crippen molar-refractivity contribution in [3.05, 3.63) is 66.2 Å². The van der Waals surface area contributed by atoms with Gasteiger partial charge in [-0.2, -0.15) is 0 Å². The Labute approximate surface area is 167 Å². The predicted octanol–water partition coefficient (Wildman–Crippen LogP) is 4.37. The molecule has 0 heterocycles. The molecule has 0 spiro atoms. The zero-order valence-corrected chi connectivity index (χ0v) is 16.5. The average molecular weight is 399 g/mol. The molecule has 0 aliphatic rings. The third kappa shape index (κ3) is 6.28. The molecule has 0 amide bonds. The summed E-state index contributed by atoms with van der Waals surface area (Å²) in [5.41, 5.74) is 0.872. The molecular weight excluding hydrogens is 378 g/mol. The van der Waals surface area contributed by atoms with Crippen molar-refractivity contribution in [2.45, 2.75) is 23.6 Å². The van der Waals surface area contributed by atoms with E-state index in [0.29, 0.717) is 16.9 Å². The van der Waals surface area contributed by atoms with Gasteiger partial charge in [-0.25, -0.2) is 4.79 Å². The minimum atomic E-state index is -0.429. The number of carbonyl (C=O) groups is 2. The molecular formula is C21H21NO5S. The van der Waals surface area contributed by atoms with Crippen molar-refractivity contribution < 1.29 is 24.3 Å². The molecule has 0 unspecified atom stereocenters. The van der Waals surface area contributed by atoms with E-state index < -0.39 is 5.97 Å². The van der Waals surface area contributed by atoms with E-state index in [-0.39, 0.29) is 24.7 Å². The lowest BCUT2D eigenvalue weighted by Gasteiger charge is -2.08. The first-order valence-corrected chi connectivity index (χ1v) is 9.29. The Hall–Kier alpha value is -3.06. The molecule has 0 saturated carbocycles. The summed E-state index contributed by atoms with van der Waals surface area (Å²) in [6, 6.07) is 14.6. The maximum absolute atomic E-state index is 11.9. The van der Waals surface area contributed by atoms with Gasteiger partial charge in [-0.15, -0.1) is 0 Å². The van der Waals surface area contributed by atoms with Gasteiger partial charge in [0, 0.05) is 20.9 Å². The number of oxime groups is 1. The highest BCUT2D eigenvalue weighted by Crippen LogP contribution is 2.29. The van der Waals surface area contributed by atoms with Crippen LogP contribution in [0.15, 0.2) is 75.6 Å². The molecule has 2 aromatic carbocycles. The lowest BCUT2D eigenvalue weighted by atomic mass is 10.1. The van der Waals surface area contributed by atoms with Crippen LogP contribution >= 0.6 is 11.8 Å². The van der Waals surface area contributed by atoms with Crippen LogP contribution < -0.4 is 4.74 Å². The van der Waals surface area contributed by atoms with Gasteiger partial charge < -0.3 is 14.7 Å². The number of hydrogen-bond donors (Lipinski definition) is 1. The van der Waals surface area contributed by atoms with Crippen LogP contribution in [0.3, 0.4) is 0 Å². The topological polar surface area (TPSA) is 85.2 Å². The molecule has 7 heteroatoms. The van der Waals surface area contributed by atoms with Crippen LogP contribution in [-0.2, 0) is 9.53 Å². The molecule has 0 atom stereocenters. The van der Waals surface area contributed by atoms with Crippen LogP contribution in [0.5, 0.6) is 5.75 Å². The highest BCUT2D eigenvalue weighted by atomic mass is 32.2. The zero-order chi connectivity index (χ0) is 20.5. The fourth-order valence-corrected chi connectivity index (χ4v) is 2.90. The fourth-order valence-electron chi connectivity index (χ4n) is 2.09. The second-order valence-electron chi connectivity index (χ2n) is 5.88. The number of benzene rings is 2. The van der Waals surface area contributed by atoms with E-state index in [1.165, 1.54) is 6.92 Å². The standard InChI is InChI=1S/C21H21NO5S/c1-14(2)21(24)27-13-12-26-17-6-10-19(11-7-17)28-18-8-4-16(5-9-18)20(23)15(3)22-25/h4-11,25H,1,12-13H2,2-3H3/b22-15+. The molecule has 0 aliphatic carbocycles. The smallest absolute Gasteiger partial charge is 0.333 e. The lowest BCUT2D eigenvalue weighted by Crippen LogP contribution is -2.12. The Bertz CT molecular complexity index is 873. The lowest BCUT2D eigenvalue weighted by molar-refractivity contribution is -0.139. The Morgan fingerprint density at radius 3 is 2.11 bits per heavy atom. The maximum Gasteiger partial charge on any atom is 0.333 e. The van der Waals surface area contributed by atoms with Gasteiger partial charge in [0.25, 0.3) is 0 Å². The summed E-state index contributed by atoms with van der Waals surface area (Å²) in [7, 11) is 0. The van der Waals surface area contributed by atoms with Gasteiger partial charge in [-0.05, 0) is 62.4 Å². The van der Waals surface area contributed by atoms with Gasteiger partial charge in [-0.1, -0.05) is 23.5 Å². The van der Waals surface area contributed by atoms with Crippen LogP contribution in [0.1, 0.15) is 24.2 Å². The molecule has 2 aromatic rings. The number of nitrogens with zero attached hydrogens (tertiary/aromatic N) is 1. The Kier molecular flexibility index (Phi) is 7.83. The first-order valence-electron chi connectivity index (χ1n) is 8.47. The fraction of sp³-hybridized carbons (Fsp3) is 0.190. The normalized spacial score (nSPS) is 11.0. The van der Waals surface area contributed by atoms with Gasteiger partial charge in [0.05, 0.1) is 0 Å². The Morgan fingerprint density at radius 2 is 1.57 bits per heavy atom. The second-order valence-corrected chi connectivity index (χ2v) is 7.02. The van der Waals surface area contributed by atoms with Gasteiger partial charge in [0.15, 0.2) is 0 Å². The van der Waals surface area contributed by atoms with Crippen LogP contribution in [0.25, 0.3) is 0 Å². The van der Waals surface area contributed by atoms with Gasteiger partial charge in [-0.3, -0.25) is 4.79 Å². The van der Waals surface area contributed by atoms with Crippen LogP contribution in [-0.4, -0.2) is 35.9 Å². The van der Waals surface area contributed by atoms with Crippen molar-refractivity contribution in [1.29, 1.82) is 0 Å². The van der Waals surface area contributed by atoms with Crippen molar-refractivity contribution in [1.82, 2.24) is 0 Å². The quantitative estimate of drug-likeness (QED) is 0.128.